The molecule has 0 bridgehead atoms. The van der Waals surface area contributed by atoms with E-state index in [0.717, 1.165) is 11.3 Å². The lowest BCUT2D eigenvalue weighted by atomic mass is 10.0. The molecule has 1 aromatic heterocycles. The lowest BCUT2D eigenvalue weighted by Gasteiger charge is -2.05. The molecule has 1 amide bonds. The number of aryl methyl sites for hydroxylation is 1. The highest BCUT2D eigenvalue weighted by Crippen LogP contribution is 2.31. The largest absolute Gasteiger partial charge is 0.317 e. The Bertz CT molecular complexity index is 664. The van der Waals surface area contributed by atoms with Crippen molar-refractivity contribution in [3.63, 3.8) is 0 Å². The minimum atomic E-state index is -0.192. The number of amides is 1. The summed E-state index contributed by atoms with van der Waals surface area (Å²) in [6, 6.07) is 8.73. The maximum atomic E-state index is 12.6. The Labute approximate surface area is 126 Å². The first kappa shape index (κ1) is 14.8. The van der Waals surface area contributed by atoms with E-state index in [9.17, 15) is 9.59 Å². The maximum Gasteiger partial charge on any atom is 0.221 e. The highest BCUT2D eigenvalue weighted by atomic mass is 35.5. The first-order chi connectivity index (χ1) is 9.52. The maximum absolute atomic E-state index is 12.6. The average Bonchev–Trinajstić information content (AvgIpc) is 2.81. The fourth-order valence-corrected chi connectivity index (χ4v) is 3.09. The minimum Gasteiger partial charge on any atom is -0.317 e. The number of thiophene rings is 1. The summed E-state index contributed by atoms with van der Waals surface area (Å²) in [5, 5.41) is 3.71. The van der Waals surface area contributed by atoms with Crippen LogP contribution in [0.2, 0.25) is 5.02 Å². The van der Waals surface area contributed by atoms with Crippen molar-refractivity contribution in [3.05, 3.63) is 51.4 Å². The van der Waals surface area contributed by atoms with E-state index in [1.165, 1.54) is 18.3 Å². The molecule has 1 aromatic carbocycles. The molecule has 2 rings (SSSR count). The molecule has 1 N–H and O–H groups in total. The first-order valence-corrected chi connectivity index (χ1v) is 7.42. The zero-order chi connectivity index (χ0) is 14.7. The Morgan fingerprint density at radius 1 is 1.25 bits per heavy atom. The number of nitrogens with one attached hydrogen (secondary N) is 1. The molecule has 0 aliphatic rings. The number of carbonyl (C=O) groups excluding carboxylic acids is 2. The lowest BCUT2D eigenvalue weighted by Crippen LogP contribution is -2.09. The summed E-state index contributed by atoms with van der Waals surface area (Å²) in [5.74, 6) is -0.363. The van der Waals surface area contributed by atoms with E-state index in [-0.39, 0.29) is 11.7 Å². The van der Waals surface area contributed by atoms with Gasteiger partial charge in [-0.2, -0.15) is 0 Å². The fourth-order valence-electron chi connectivity index (χ4n) is 1.83. The van der Waals surface area contributed by atoms with Gasteiger partial charge in [0.15, 0.2) is 5.78 Å². The second-order valence-corrected chi connectivity index (χ2v) is 5.84. The summed E-state index contributed by atoms with van der Waals surface area (Å²) < 4.78 is 0. The van der Waals surface area contributed by atoms with Crippen LogP contribution in [-0.4, -0.2) is 11.7 Å². The highest BCUT2D eigenvalue weighted by Gasteiger charge is 2.19. The molecule has 0 spiro atoms. The zero-order valence-corrected chi connectivity index (χ0v) is 12.8. The average molecular weight is 308 g/mol. The van der Waals surface area contributed by atoms with Crippen molar-refractivity contribution < 1.29 is 9.59 Å². The number of ketones is 1. The van der Waals surface area contributed by atoms with Crippen LogP contribution in [0.5, 0.6) is 0 Å². The summed E-state index contributed by atoms with van der Waals surface area (Å²) in [7, 11) is 0. The van der Waals surface area contributed by atoms with E-state index < -0.39 is 0 Å². The zero-order valence-electron chi connectivity index (χ0n) is 11.2. The molecule has 0 aliphatic heterocycles. The van der Waals surface area contributed by atoms with Crippen LogP contribution in [0.15, 0.2) is 30.3 Å². The first-order valence-electron chi connectivity index (χ1n) is 6.22. The Hall–Kier alpha value is -1.65. The molecule has 5 heteroatoms. The quantitative estimate of drug-likeness (QED) is 0.862. The topological polar surface area (TPSA) is 46.2 Å². The predicted octanol–water partition coefficient (Wildman–Crippen LogP) is 4.15. The molecule has 20 heavy (non-hydrogen) atoms. The van der Waals surface area contributed by atoms with Gasteiger partial charge < -0.3 is 5.32 Å². The highest BCUT2D eigenvalue weighted by molar-refractivity contribution is 7.16. The van der Waals surface area contributed by atoms with Crippen LogP contribution >= 0.6 is 22.9 Å². The van der Waals surface area contributed by atoms with Gasteiger partial charge in [-0.15, -0.1) is 11.3 Å². The van der Waals surface area contributed by atoms with Gasteiger partial charge in [0.2, 0.25) is 5.91 Å². The van der Waals surface area contributed by atoms with Gasteiger partial charge in [-0.3, -0.25) is 9.59 Å². The molecule has 0 aliphatic carbocycles. The van der Waals surface area contributed by atoms with Crippen LogP contribution in [0.3, 0.4) is 0 Å². The van der Waals surface area contributed by atoms with Gasteiger partial charge in [0, 0.05) is 17.4 Å². The number of anilines is 1. The summed E-state index contributed by atoms with van der Waals surface area (Å²) in [6.45, 7) is 3.43. The summed E-state index contributed by atoms with van der Waals surface area (Å²) in [5.41, 5.74) is 0.941. The van der Waals surface area contributed by atoms with E-state index in [4.69, 9.17) is 11.6 Å². The standard InChI is InChI=1S/C15H14ClNO2S/c1-3-10-8-12(15(20-10)17-9(2)18)14(19)11-6-4-5-7-13(11)16/h4-8H,3H2,1-2H3,(H,17,18). The normalized spacial score (nSPS) is 10.3. The Balaban J connectivity index is 2.46. The van der Waals surface area contributed by atoms with Crippen molar-refractivity contribution in [1.82, 2.24) is 0 Å². The van der Waals surface area contributed by atoms with Gasteiger partial charge in [0.25, 0.3) is 0 Å². The molecule has 104 valence electrons. The number of hydrogen-bond acceptors (Lipinski definition) is 3. The van der Waals surface area contributed by atoms with Crippen LogP contribution in [0.1, 0.15) is 34.6 Å². The van der Waals surface area contributed by atoms with E-state index in [0.29, 0.717) is 21.2 Å². The number of rotatable bonds is 4. The number of benzene rings is 1. The van der Waals surface area contributed by atoms with Crippen molar-refractivity contribution >= 4 is 39.6 Å². The molecule has 0 saturated carbocycles. The second-order valence-electron chi connectivity index (χ2n) is 4.30. The summed E-state index contributed by atoms with van der Waals surface area (Å²) in [6.07, 6.45) is 0.813. The molecule has 0 radical (unpaired) electrons. The monoisotopic (exact) mass is 307 g/mol. The third kappa shape index (κ3) is 3.08. The molecular formula is C15H14ClNO2S. The lowest BCUT2D eigenvalue weighted by molar-refractivity contribution is -0.114. The fraction of sp³-hybridized carbons (Fsp3) is 0.200. The van der Waals surface area contributed by atoms with Crippen LogP contribution in [0.25, 0.3) is 0 Å². The Kier molecular flexibility index (Phi) is 4.57. The molecule has 0 unspecified atom stereocenters. The van der Waals surface area contributed by atoms with Crippen LogP contribution < -0.4 is 5.32 Å². The molecule has 2 aromatic rings. The molecular weight excluding hydrogens is 294 g/mol. The van der Waals surface area contributed by atoms with Crippen molar-refractivity contribution in [2.45, 2.75) is 20.3 Å². The van der Waals surface area contributed by atoms with Gasteiger partial charge in [-0.25, -0.2) is 0 Å². The molecule has 0 saturated heterocycles. The number of halogens is 1. The van der Waals surface area contributed by atoms with E-state index >= 15 is 0 Å². The smallest absolute Gasteiger partial charge is 0.221 e. The molecule has 1 heterocycles. The van der Waals surface area contributed by atoms with E-state index in [1.807, 2.05) is 13.0 Å². The van der Waals surface area contributed by atoms with Crippen LogP contribution in [-0.2, 0) is 11.2 Å². The molecule has 0 fully saturated rings. The SMILES string of the molecule is CCc1cc(C(=O)c2ccccc2Cl)c(NC(C)=O)s1. The van der Waals surface area contributed by atoms with E-state index in [2.05, 4.69) is 5.32 Å². The third-order valence-corrected chi connectivity index (χ3v) is 4.31. The number of hydrogen-bond donors (Lipinski definition) is 1. The van der Waals surface area contributed by atoms with Crippen molar-refractivity contribution in [2.75, 3.05) is 5.32 Å². The number of carbonyl (C=O) groups is 2. The van der Waals surface area contributed by atoms with Gasteiger partial charge >= 0.3 is 0 Å². The van der Waals surface area contributed by atoms with Crippen LogP contribution in [0.4, 0.5) is 5.00 Å². The Morgan fingerprint density at radius 2 is 1.95 bits per heavy atom. The molecule has 3 nitrogen and oxygen atoms in total. The third-order valence-electron chi connectivity index (χ3n) is 2.78. The predicted molar refractivity (Wildman–Crippen MR) is 82.9 cm³/mol. The van der Waals surface area contributed by atoms with Crippen molar-refractivity contribution in [1.29, 1.82) is 0 Å². The molecule has 0 atom stereocenters. The minimum absolute atomic E-state index is 0.171. The summed E-state index contributed by atoms with van der Waals surface area (Å²) >= 11 is 7.48. The van der Waals surface area contributed by atoms with Gasteiger partial charge in [0.1, 0.15) is 5.00 Å². The van der Waals surface area contributed by atoms with Gasteiger partial charge in [-0.1, -0.05) is 30.7 Å². The Morgan fingerprint density at radius 3 is 2.55 bits per heavy atom. The van der Waals surface area contributed by atoms with Crippen molar-refractivity contribution in [3.8, 4) is 0 Å². The van der Waals surface area contributed by atoms with Gasteiger partial charge in [0.05, 0.1) is 10.6 Å². The summed E-state index contributed by atoms with van der Waals surface area (Å²) in [4.78, 5) is 24.9. The van der Waals surface area contributed by atoms with Gasteiger partial charge in [-0.05, 0) is 24.6 Å². The van der Waals surface area contributed by atoms with E-state index in [1.54, 1.807) is 24.3 Å². The second kappa shape index (κ2) is 6.20. The van der Waals surface area contributed by atoms with Crippen molar-refractivity contribution in [2.24, 2.45) is 0 Å². The van der Waals surface area contributed by atoms with Crippen LogP contribution in [0, 0.1) is 0 Å².